The number of carbonyl (C=O) groups is 2. The highest BCUT2D eigenvalue weighted by atomic mass is 35.5. The van der Waals surface area contributed by atoms with E-state index in [1.54, 1.807) is 18.2 Å². The summed E-state index contributed by atoms with van der Waals surface area (Å²) >= 11 is 7.60. The van der Waals surface area contributed by atoms with Gasteiger partial charge in [-0.3, -0.25) is 19.8 Å². The Labute approximate surface area is 207 Å². The molecule has 3 heterocycles. The molecule has 0 aromatic heterocycles. The van der Waals surface area contributed by atoms with Crippen molar-refractivity contribution in [3.8, 4) is 0 Å². The van der Waals surface area contributed by atoms with Gasteiger partial charge in [0, 0.05) is 36.1 Å². The highest BCUT2D eigenvalue weighted by molar-refractivity contribution is 8.04. The number of nitrogens with zero attached hydrogens (tertiary/aromatic N) is 1. The fourth-order valence-corrected chi connectivity index (χ4v) is 6.14. The van der Waals surface area contributed by atoms with Gasteiger partial charge in [0.25, 0.3) is 0 Å². The molecule has 2 saturated heterocycles. The Hall–Kier alpha value is -2.39. The van der Waals surface area contributed by atoms with Gasteiger partial charge >= 0.3 is 0 Å². The minimum Gasteiger partial charge on any atom is -0.352 e. The summed E-state index contributed by atoms with van der Waals surface area (Å²) in [5.41, 5.74) is 2.23. The third-order valence-electron chi connectivity index (χ3n) is 6.72. The van der Waals surface area contributed by atoms with Crippen molar-refractivity contribution in [1.82, 2.24) is 20.9 Å². The molecule has 9 heteroatoms. The first-order valence-corrected chi connectivity index (χ1v) is 12.8. The number of benzene rings is 2. The smallest absolute Gasteiger partial charge is 0.237 e. The third kappa shape index (κ3) is 4.73. The van der Waals surface area contributed by atoms with E-state index < -0.39 is 0 Å². The van der Waals surface area contributed by atoms with Crippen LogP contribution in [0.3, 0.4) is 0 Å². The number of rotatable bonds is 5. The Balaban J connectivity index is 1.18. The summed E-state index contributed by atoms with van der Waals surface area (Å²) in [7, 11) is 0. The number of amides is 2. The minimum atomic E-state index is -0.352. The average molecular weight is 501 g/mol. The molecule has 0 aliphatic carbocycles. The van der Waals surface area contributed by atoms with Crippen LogP contribution in [0, 0.1) is 11.7 Å². The number of thioether (sulfide) groups is 1. The molecule has 3 aliphatic rings. The van der Waals surface area contributed by atoms with Crippen molar-refractivity contribution in [3.63, 3.8) is 0 Å². The molecule has 0 bridgehead atoms. The Kier molecular flexibility index (Phi) is 6.92. The third-order valence-corrected chi connectivity index (χ3v) is 8.25. The number of carbonyl (C=O) groups excluding carboxylic acids is 2. The fourth-order valence-electron chi connectivity index (χ4n) is 4.79. The van der Waals surface area contributed by atoms with Crippen molar-refractivity contribution >= 4 is 40.8 Å². The number of halogens is 2. The van der Waals surface area contributed by atoms with Crippen LogP contribution >= 0.6 is 23.4 Å². The molecule has 0 radical (unpaired) electrons. The second-order valence-corrected chi connectivity index (χ2v) is 10.2. The molecule has 2 aromatic carbocycles. The van der Waals surface area contributed by atoms with Gasteiger partial charge in [0.1, 0.15) is 17.4 Å². The molecule has 3 atom stereocenters. The van der Waals surface area contributed by atoms with E-state index in [0.717, 1.165) is 11.1 Å². The maximum absolute atomic E-state index is 14.4. The van der Waals surface area contributed by atoms with E-state index in [4.69, 9.17) is 11.6 Å². The Morgan fingerprint density at radius 3 is 2.65 bits per heavy atom. The van der Waals surface area contributed by atoms with Crippen molar-refractivity contribution in [2.24, 2.45) is 5.92 Å². The lowest BCUT2D eigenvalue weighted by Crippen LogP contribution is -2.68. The summed E-state index contributed by atoms with van der Waals surface area (Å²) in [6, 6.07) is 13.9. The lowest BCUT2D eigenvalue weighted by atomic mass is 9.94. The summed E-state index contributed by atoms with van der Waals surface area (Å²) < 4.78 is 14.4. The highest BCUT2D eigenvalue weighted by Crippen LogP contribution is 2.39. The van der Waals surface area contributed by atoms with Crippen LogP contribution in [0.15, 0.2) is 53.9 Å². The Morgan fingerprint density at radius 1 is 1.15 bits per heavy atom. The molecule has 2 fully saturated rings. The van der Waals surface area contributed by atoms with E-state index in [1.807, 2.05) is 29.7 Å². The molecule has 3 unspecified atom stereocenters. The lowest BCUT2D eigenvalue weighted by molar-refractivity contribution is -0.129. The van der Waals surface area contributed by atoms with Gasteiger partial charge in [0.15, 0.2) is 0 Å². The quantitative estimate of drug-likeness (QED) is 0.587. The normalized spacial score (nSPS) is 25.4. The molecule has 0 saturated carbocycles. The number of hydrogen-bond acceptors (Lipinski definition) is 5. The first-order valence-electron chi connectivity index (χ1n) is 11.4. The van der Waals surface area contributed by atoms with E-state index in [2.05, 4.69) is 20.9 Å². The van der Waals surface area contributed by atoms with Crippen LogP contribution in [-0.4, -0.2) is 47.4 Å². The molecule has 34 heavy (non-hydrogen) atoms. The van der Waals surface area contributed by atoms with Gasteiger partial charge < -0.3 is 10.6 Å². The van der Waals surface area contributed by atoms with Crippen molar-refractivity contribution in [2.45, 2.75) is 37.0 Å². The first-order chi connectivity index (χ1) is 16.5. The van der Waals surface area contributed by atoms with Gasteiger partial charge in [-0.1, -0.05) is 48.0 Å². The molecule has 0 spiro atoms. The summed E-state index contributed by atoms with van der Waals surface area (Å²) in [4.78, 5) is 27.7. The molecular weight excluding hydrogens is 475 g/mol. The van der Waals surface area contributed by atoms with Crippen molar-refractivity contribution in [2.75, 3.05) is 13.1 Å². The number of nitrogens with one attached hydrogen (secondary N) is 3. The van der Waals surface area contributed by atoms with E-state index >= 15 is 0 Å². The number of fused-ring (bicyclic) bond motifs is 1. The van der Waals surface area contributed by atoms with Gasteiger partial charge in [-0.2, -0.15) is 0 Å². The van der Waals surface area contributed by atoms with Crippen molar-refractivity contribution in [1.29, 1.82) is 0 Å². The zero-order valence-electron chi connectivity index (χ0n) is 18.5. The standard InChI is InChI=1S/C25H26ClFN4O2S/c26-19-7-3-1-5-16(19)13-28-23(32)15-9-11-31(12-10-15)25-29-21-18(14-34-22(21)24(33)30-25)17-6-2-4-8-20(17)27/h1-8,14-15,21-22,25,29H,9-13H2,(H,28,32)(H,30,33). The minimum absolute atomic E-state index is 0.0252. The average Bonchev–Trinajstić information content (AvgIpc) is 3.28. The van der Waals surface area contributed by atoms with Crippen LogP contribution in [0.25, 0.3) is 5.57 Å². The Morgan fingerprint density at radius 2 is 1.88 bits per heavy atom. The van der Waals surface area contributed by atoms with Crippen LogP contribution < -0.4 is 16.0 Å². The van der Waals surface area contributed by atoms with E-state index in [9.17, 15) is 14.0 Å². The molecule has 2 amide bonds. The molecule has 3 aliphatic heterocycles. The van der Waals surface area contributed by atoms with Gasteiger partial charge in [-0.15, -0.1) is 11.8 Å². The molecule has 6 nitrogen and oxygen atoms in total. The number of likely N-dealkylation sites (tertiary alicyclic amines) is 1. The van der Waals surface area contributed by atoms with E-state index in [0.29, 0.717) is 43.1 Å². The molecule has 178 valence electrons. The van der Waals surface area contributed by atoms with Gasteiger partial charge in [0.05, 0.1) is 6.04 Å². The van der Waals surface area contributed by atoms with Gasteiger partial charge in [0.2, 0.25) is 11.8 Å². The predicted octanol–water partition coefficient (Wildman–Crippen LogP) is 3.34. The maximum atomic E-state index is 14.4. The van der Waals surface area contributed by atoms with Gasteiger partial charge in [-0.25, -0.2) is 4.39 Å². The predicted molar refractivity (Wildman–Crippen MR) is 132 cm³/mol. The lowest BCUT2D eigenvalue weighted by Gasteiger charge is -2.43. The topological polar surface area (TPSA) is 73.5 Å². The van der Waals surface area contributed by atoms with Crippen LogP contribution in [-0.2, 0) is 16.1 Å². The largest absolute Gasteiger partial charge is 0.352 e. The molecule has 3 N–H and O–H groups in total. The van der Waals surface area contributed by atoms with Crippen LogP contribution in [0.4, 0.5) is 4.39 Å². The monoisotopic (exact) mass is 500 g/mol. The van der Waals surface area contributed by atoms with Crippen LogP contribution in [0.5, 0.6) is 0 Å². The zero-order valence-corrected chi connectivity index (χ0v) is 20.0. The summed E-state index contributed by atoms with van der Waals surface area (Å²) in [5, 5.41) is 11.8. The van der Waals surface area contributed by atoms with Crippen molar-refractivity contribution < 1.29 is 14.0 Å². The van der Waals surface area contributed by atoms with Crippen LogP contribution in [0.1, 0.15) is 24.0 Å². The molecular formula is C25H26ClFN4O2S. The van der Waals surface area contributed by atoms with Gasteiger partial charge in [-0.05, 0) is 41.5 Å². The maximum Gasteiger partial charge on any atom is 0.237 e. The van der Waals surface area contributed by atoms with E-state index in [1.165, 1.54) is 17.8 Å². The second kappa shape index (κ2) is 10.1. The summed E-state index contributed by atoms with van der Waals surface area (Å²) in [5.74, 6) is -0.400. The fraction of sp³-hybridized carbons (Fsp3) is 0.360. The van der Waals surface area contributed by atoms with Crippen molar-refractivity contribution in [3.05, 3.63) is 75.9 Å². The summed E-state index contributed by atoms with van der Waals surface area (Å²) in [6.07, 6.45) is 1.04. The summed E-state index contributed by atoms with van der Waals surface area (Å²) in [6.45, 7) is 1.75. The molecule has 5 rings (SSSR count). The number of piperidine rings is 1. The number of hydrogen-bond donors (Lipinski definition) is 3. The molecule has 2 aromatic rings. The van der Waals surface area contributed by atoms with E-state index in [-0.39, 0.29) is 41.1 Å². The zero-order chi connectivity index (χ0) is 23.7. The van der Waals surface area contributed by atoms with Crippen LogP contribution in [0.2, 0.25) is 5.02 Å². The first kappa shape index (κ1) is 23.4. The highest BCUT2D eigenvalue weighted by Gasteiger charge is 2.44. The second-order valence-electron chi connectivity index (χ2n) is 8.78. The Bertz CT molecular complexity index is 1120. The SMILES string of the molecule is O=C(NCc1ccccc1Cl)C1CCN(C2NC(=O)C3SC=C(c4ccccc4F)C3N2)CC1.